The van der Waals surface area contributed by atoms with Gasteiger partial charge in [-0.05, 0) is 31.2 Å². The molecule has 0 aliphatic carbocycles. The van der Waals surface area contributed by atoms with Crippen molar-refractivity contribution in [2.75, 3.05) is 5.32 Å². The summed E-state index contributed by atoms with van der Waals surface area (Å²) < 4.78 is 37.2. The summed E-state index contributed by atoms with van der Waals surface area (Å²) >= 11 is 0. The van der Waals surface area contributed by atoms with Gasteiger partial charge >= 0.3 is 6.18 Å². The molecule has 0 aliphatic heterocycles. The lowest BCUT2D eigenvalue weighted by Crippen LogP contribution is -2.14. The Bertz CT molecular complexity index is 629. The number of hydrogen-bond acceptors (Lipinski definition) is 4. The van der Waals surface area contributed by atoms with Crippen molar-refractivity contribution in [3.8, 4) is 6.07 Å². The number of halogens is 3. The van der Waals surface area contributed by atoms with Gasteiger partial charge < -0.3 is 15.5 Å². The van der Waals surface area contributed by atoms with E-state index in [0.29, 0.717) is 0 Å². The van der Waals surface area contributed by atoms with Crippen molar-refractivity contribution in [2.45, 2.75) is 32.0 Å². The van der Waals surface area contributed by atoms with Crippen molar-refractivity contribution in [1.29, 1.82) is 5.26 Å². The predicted octanol–water partition coefficient (Wildman–Crippen LogP) is 3.14. The zero-order valence-corrected chi connectivity index (χ0v) is 12.2. The Hall–Kier alpha value is -2.53. The van der Waals surface area contributed by atoms with E-state index in [2.05, 4.69) is 5.32 Å². The highest BCUT2D eigenvalue weighted by molar-refractivity contribution is 5.92. The highest BCUT2D eigenvalue weighted by Gasteiger charge is 2.30. The van der Waals surface area contributed by atoms with Gasteiger partial charge in [-0.3, -0.25) is 4.79 Å². The first-order chi connectivity index (χ1) is 10.6. The molecule has 1 unspecified atom stereocenters. The van der Waals surface area contributed by atoms with Gasteiger partial charge in [-0.15, -0.1) is 0 Å². The lowest BCUT2D eigenvalue weighted by Gasteiger charge is -2.09. The molecule has 0 aromatic heterocycles. The number of rotatable bonds is 5. The summed E-state index contributed by atoms with van der Waals surface area (Å²) in [5, 5.41) is 30.0. The van der Waals surface area contributed by atoms with Gasteiger partial charge in [0.05, 0.1) is 29.7 Å². The van der Waals surface area contributed by atoms with E-state index in [9.17, 15) is 23.1 Å². The lowest BCUT2D eigenvalue weighted by atomic mass is 10.1. The van der Waals surface area contributed by atoms with Crippen LogP contribution in [-0.2, 0) is 11.0 Å². The standard InChI is InChI=1S/C15H15F3N2O3/c1-9(21)6-13(22)10(8-19)7-14(23)20-12-4-2-11(3-5-12)15(16,17)18/h2-5,9,21-22H,6-7H2,1H3,(H,20,23)/b13-10+. The summed E-state index contributed by atoms with van der Waals surface area (Å²) in [6.07, 6.45) is -5.96. The quantitative estimate of drug-likeness (QED) is 0.572. The third-order valence-electron chi connectivity index (χ3n) is 2.81. The normalized spacial score (nSPS) is 13.7. The minimum absolute atomic E-state index is 0.135. The molecule has 0 bridgehead atoms. The molecule has 23 heavy (non-hydrogen) atoms. The summed E-state index contributed by atoms with van der Waals surface area (Å²) in [4.78, 5) is 11.8. The number of alkyl halides is 3. The van der Waals surface area contributed by atoms with Crippen molar-refractivity contribution in [1.82, 2.24) is 0 Å². The molecule has 8 heteroatoms. The van der Waals surface area contributed by atoms with Crippen LogP contribution < -0.4 is 5.32 Å². The van der Waals surface area contributed by atoms with E-state index in [0.717, 1.165) is 24.3 Å². The predicted molar refractivity (Wildman–Crippen MR) is 76.3 cm³/mol. The fourth-order valence-electron chi connectivity index (χ4n) is 1.72. The first-order valence-corrected chi connectivity index (χ1v) is 6.59. The Morgan fingerprint density at radius 3 is 2.35 bits per heavy atom. The number of carbonyl (C=O) groups excluding carboxylic acids is 1. The summed E-state index contributed by atoms with van der Waals surface area (Å²) in [6.45, 7) is 1.41. The van der Waals surface area contributed by atoms with Crippen LogP contribution in [0.3, 0.4) is 0 Å². The number of anilines is 1. The number of nitriles is 1. The van der Waals surface area contributed by atoms with Crippen molar-refractivity contribution in [3.05, 3.63) is 41.2 Å². The van der Waals surface area contributed by atoms with Crippen LogP contribution in [-0.4, -0.2) is 22.2 Å². The zero-order chi connectivity index (χ0) is 17.6. The molecule has 5 nitrogen and oxygen atoms in total. The molecule has 1 aromatic rings. The number of aliphatic hydroxyl groups is 2. The molecule has 1 amide bonds. The lowest BCUT2D eigenvalue weighted by molar-refractivity contribution is -0.137. The molecule has 1 rings (SSSR count). The third kappa shape index (κ3) is 6.00. The molecule has 0 spiro atoms. The van der Waals surface area contributed by atoms with Gasteiger partial charge in [-0.2, -0.15) is 18.4 Å². The van der Waals surface area contributed by atoms with Gasteiger partial charge in [0, 0.05) is 12.1 Å². The molecule has 0 saturated heterocycles. The van der Waals surface area contributed by atoms with E-state index < -0.39 is 35.9 Å². The summed E-state index contributed by atoms with van der Waals surface area (Å²) in [5.41, 5.74) is -0.923. The smallest absolute Gasteiger partial charge is 0.416 e. The Balaban J connectivity index is 2.75. The number of nitrogens with zero attached hydrogens (tertiary/aromatic N) is 1. The van der Waals surface area contributed by atoms with Gasteiger partial charge in [0.15, 0.2) is 0 Å². The average molecular weight is 328 g/mol. The van der Waals surface area contributed by atoms with Crippen LogP contribution in [0.15, 0.2) is 35.6 Å². The summed E-state index contributed by atoms with van der Waals surface area (Å²) in [7, 11) is 0. The number of nitrogens with one attached hydrogen (secondary N) is 1. The third-order valence-corrected chi connectivity index (χ3v) is 2.81. The van der Waals surface area contributed by atoms with E-state index in [-0.39, 0.29) is 17.7 Å². The highest BCUT2D eigenvalue weighted by atomic mass is 19.4. The van der Waals surface area contributed by atoms with Crippen LogP contribution >= 0.6 is 0 Å². The summed E-state index contributed by atoms with van der Waals surface area (Å²) in [6, 6.07) is 5.48. The zero-order valence-electron chi connectivity index (χ0n) is 12.2. The van der Waals surface area contributed by atoms with Crippen molar-refractivity contribution < 1.29 is 28.2 Å². The molecule has 0 heterocycles. The van der Waals surface area contributed by atoms with Crippen LogP contribution in [0.2, 0.25) is 0 Å². The largest absolute Gasteiger partial charge is 0.511 e. The molecule has 3 N–H and O–H groups in total. The first-order valence-electron chi connectivity index (χ1n) is 6.59. The number of amides is 1. The molecular formula is C15H15F3N2O3. The van der Waals surface area contributed by atoms with E-state index in [1.807, 2.05) is 0 Å². The number of carbonyl (C=O) groups is 1. The van der Waals surface area contributed by atoms with Crippen molar-refractivity contribution in [2.24, 2.45) is 0 Å². The van der Waals surface area contributed by atoms with Gasteiger partial charge in [-0.25, -0.2) is 0 Å². The molecule has 1 aromatic carbocycles. The Kier molecular flexibility index (Phi) is 6.16. The van der Waals surface area contributed by atoms with E-state index in [1.165, 1.54) is 6.92 Å². The van der Waals surface area contributed by atoms with Crippen molar-refractivity contribution >= 4 is 11.6 Å². The Morgan fingerprint density at radius 2 is 1.91 bits per heavy atom. The molecular weight excluding hydrogens is 313 g/mol. The number of aliphatic hydroxyl groups excluding tert-OH is 2. The average Bonchev–Trinajstić information content (AvgIpc) is 2.43. The summed E-state index contributed by atoms with van der Waals surface area (Å²) in [5.74, 6) is -1.07. The number of hydrogen-bond donors (Lipinski definition) is 3. The second-order valence-corrected chi connectivity index (χ2v) is 4.89. The van der Waals surface area contributed by atoms with Gasteiger partial charge in [0.1, 0.15) is 5.76 Å². The van der Waals surface area contributed by atoms with Gasteiger partial charge in [0.25, 0.3) is 0 Å². The van der Waals surface area contributed by atoms with Crippen LogP contribution in [0.5, 0.6) is 0 Å². The minimum Gasteiger partial charge on any atom is -0.511 e. The molecule has 0 aliphatic rings. The molecule has 0 fully saturated rings. The van der Waals surface area contributed by atoms with E-state index >= 15 is 0 Å². The molecule has 124 valence electrons. The fraction of sp³-hybridized carbons (Fsp3) is 0.333. The Morgan fingerprint density at radius 1 is 1.35 bits per heavy atom. The van der Waals surface area contributed by atoms with Crippen LogP contribution in [0, 0.1) is 11.3 Å². The maximum Gasteiger partial charge on any atom is 0.416 e. The van der Waals surface area contributed by atoms with Crippen LogP contribution in [0.4, 0.5) is 18.9 Å². The highest BCUT2D eigenvalue weighted by Crippen LogP contribution is 2.29. The van der Waals surface area contributed by atoms with E-state index in [1.54, 1.807) is 6.07 Å². The fourth-order valence-corrected chi connectivity index (χ4v) is 1.72. The molecule has 1 atom stereocenters. The maximum atomic E-state index is 12.4. The van der Waals surface area contributed by atoms with Crippen LogP contribution in [0.25, 0.3) is 0 Å². The maximum absolute atomic E-state index is 12.4. The first kappa shape index (κ1) is 18.5. The monoisotopic (exact) mass is 328 g/mol. The van der Waals surface area contributed by atoms with Gasteiger partial charge in [-0.1, -0.05) is 0 Å². The second kappa shape index (κ2) is 7.65. The van der Waals surface area contributed by atoms with Gasteiger partial charge in [0.2, 0.25) is 5.91 Å². The molecule has 0 radical (unpaired) electrons. The van der Waals surface area contributed by atoms with Crippen LogP contribution in [0.1, 0.15) is 25.3 Å². The molecule has 0 saturated carbocycles. The topological polar surface area (TPSA) is 93.3 Å². The van der Waals surface area contributed by atoms with Crippen molar-refractivity contribution in [3.63, 3.8) is 0 Å². The van der Waals surface area contributed by atoms with E-state index in [4.69, 9.17) is 10.4 Å². The second-order valence-electron chi connectivity index (χ2n) is 4.89. The SMILES string of the molecule is CC(O)C/C(O)=C(\C#N)CC(=O)Nc1ccc(C(F)(F)F)cc1. The number of benzene rings is 1. The Labute approximate surface area is 130 Å². The minimum atomic E-state index is -4.47.